The summed E-state index contributed by atoms with van der Waals surface area (Å²) >= 11 is 0. The zero-order chi connectivity index (χ0) is 12.9. The number of benzene rings is 2. The first-order chi connectivity index (χ1) is 8.61. The molecular weight excluding hydrogens is 232 g/mol. The third-order valence-corrected chi connectivity index (χ3v) is 3.05. The predicted molar refractivity (Wildman–Crippen MR) is 63.0 cm³/mol. The van der Waals surface area contributed by atoms with Gasteiger partial charge in [-0.15, -0.1) is 0 Å². The summed E-state index contributed by atoms with van der Waals surface area (Å²) in [6, 6.07) is 8.89. The van der Waals surface area contributed by atoms with Gasteiger partial charge in [-0.3, -0.25) is 4.79 Å². The van der Waals surface area contributed by atoms with E-state index in [1.54, 1.807) is 0 Å². The number of phenolic OH excluding ortho intramolecular Hbond substituents is 2. The van der Waals surface area contributed by atoms with Crippen LogP contribution in [0.15, 0.2) is 36.4 Å². The number of carbonyl (C=O) groups excluding carboxylic acids is 1. The van der Waals surface area contributed by atoms with Crippen LogP contribution >= 0.6 is 0 Å². The van der Waals surface area contributed by atoms with Crippen LogP contribution in [0.5, 0.6) is 11.5 Å². The maximum atomic E-state index is 12.2. The molecule has 2 aromatic carbocycles. The summed E-state index contributed by atoms with van der Waals surface area (Å²) in [7, 11) is 0. The molecule has 0 atom stereocenters. The van der Waals surface area contributed by atoms with Gasteiger partial charge < -0.3 is 15.3 Å². The van der Waals surface area contributed by atoms with Crippen molar-refractivity contribution in [2.75, 3.05) is 0 Å². The van der Waals surface area contributed by atoms with Crippen LogP contribution < -0.4 is 0 Å². The second kappa shape index (κ2) is 3.58. The molecule has 18 heavy (non-hydrogen) atoms. The van der Waals surface area contributed by atoms with Gasteiger partial charge in [-0.2, -0.15) is 0 Å². The Hall–Kier alpha value is -2.33. The molecule has 0 fully saturated rings. The largest absolute Gasteiger partial charge is 0.508 e. The normalized spacial score (nSPS) is 14.2. The number of hydrogen-bond acceptors (Lipinski definition) is 4. The van der Waals surface area contributed by atoms with E-state index in [-0.39, 0.29) is 45.6 Å². The number of hydrogen-bond donors (Lipinski definition) is 3. The Morgan fingerprint density at radius 3 is 1.61 bits per heavy atom. The van der Waals surface area contributed by atoms with Crippen LogP contribution in [-0.4, -0.2) is 21.1 Å². The monoisotopic (exact) mass is 241 g/mol. The third kappa shape index (κ3) is 1.26. The van der Waals surface area contributed by atoms with Gasteiger partial charge in [0.2, 0.25) is 0 Å². The second-order valence-electron chi connectivity index (χ2n) is 4.08. The number of rotatable bonds is 0. The Kier molecular flexibility index (Phi) is 2.15. The topological polar surface area (TPSA) is 77.8 Å². The van der Waals surface area contributed by atoms with E-state index in [9.17, 15) is 20.1 Å². The van der Waals surface area contributed by atoms with E-state index < -0.39 is 0 Å². The van der Waals surface area contributed by atoms with Crippen LogP contribution in [0.2, 0.25) is 0 Å². The average molecular weight is 241 g/mol. The molecule has 0 saturated heterocycles. The Labute approximate surface area is 103 Å². The molecule has 4 heteroatoms. The Morgan fingerprint density at radius 1 is 0.722 bits per heavy atom. The quantitative estimate of drug-likeness (QED) is 0.658. The minimum atomic E-state index is -0.329. The summed E-state index contributed by atoms with van der Waals surface area (Å²) in [6.45, 7) is 0. The zero-order valence-corrected chi connectivity index (χ0v) is 9.21. The van der Waals surface area contributed by atoms with Gasteiger partial charge in [-0.05, 0) is 12.1 Å². The Morgan fingerprint density at radius 2 is 1.17 bits per heavy atom. The maximum Gasteiger partial charge on any atom is 0.194 e. The number of aromatic hydroxyl groups is 2. The molecular formula is C14H9O4. The molecule has 1 aliphatic rings. The molecule has 0 heterocycles. The lowest BCUT2D eigenvalue weighted by molar-refractivity contribution is 0.103. The molecule has 1 aliphatic carbocycles. The first-order valence-corrected chi connectivity index (χ1v) is 5.36. The smallest absolute Gasteiger partial charge is 0.194 e. The zero-order valence-electron chi connectivity index (χ0n) is 9.21. The molecule has 0 saturated carbocycles. The van der Waals surface area contributed by atoms with E-state index >= 15 is 0 Å². The fraction of sp³-hybridized carbons (Fsp3) is 0. The standard InChI is InChI=1S/C14H9O4/c15-9-5-1-3-7-11(9)14(18)12-8(13(7)17)4-2-6-10(12)16/h1-6,15-16,18H. The van der Waals surface area contributed by atoms with E-state index in [0.29, 0.717) is 0 Å². The molecule has 4 nitrogen and oxygen atoms in total. The summed E-state index contributed by atoms with van der Waals surface area (Å²) in [6.07, 6.45) is -0.282. The van der Waals surface area contributed by atoms with Crippen LogP contribution in [0.4, 0.5) is 0 Å². The van der Waals surface area contributed by atoms with Crippen molar-refractivity contribution in [1.82, 2.24) is 0 Å². The highest BCUT2D eigenvalue weighted by atomic mass is 16.3. The van der Waals surface area contributed by atoms with Crippen LogP contribution in [0.3, 0.4) is 0 Å². The van der Waals surface area contributed by atoms with Crippen molar-refractivity contribution in [2.24, 2.45) is 0 Å². The highest BCUT2D eigenvalue weighted by Gasteiger charge is 2.34. The number of aliphatic hydroxyl groups is 1. The van der Waals surface area contributed by atoms with Crippen LogP contribution in [0.1, 0.15) is 27.0 Å². The van der Waals surface area contributed by atoms with Gasteiger partial charge in [0, 0.05) is 22.3 Å². The van der Waals surface area contributed by atoms with E-state index in [1.165, 1.54) is 36.4 Å². The summed E-state index contributed by atoms with van der Waals surface area (Å²) in [4.78, 5) is 12.2. The molecule has 2 aromatic rings. The summed E-state index contributed by atoms with van der Waals surface area (Å²) in [5.74, 6) is -0.705. The lowest BCUT2D eigenvalue weighted by atomic mass is 9.82. The van der Waals surface area contributed by atoms with Crippen molar-refractivity contribution in [1.29, 1.82) is 0 Å². The van der Waals surface area contributed by atoms with Gasteiger partial charge in [0.05, 0.1) is 0 Å². The van der Waals surface area contributed by atoms with Gasteiger partial charge in [-0.25, -0.2) is 0 Å². The predicted octanol–water partition coefficient (Wildman–Crippen LogP) is 1.94. The first kappa shape index (κ1) is 10.8. The minimum Gasteiger partial charge on any atom is -0.508 e. The molecule has 3 N–H and O–H groups in total. The number of aliphatic hydroxyl groups excluding tert-OH is 1. The summed E-state index contributed by atoms with van der Waals surface area (Å²) < 4.78 is 0. The van der Waals surface area contributed by atoms with E-state index in [4.69, 9.17) is 0 Å². The molecule has 0 unspecified atom stereocenters. The molecule has 89 valence electrons. The van der Waals surface area contributed by atoms with Gasteiger partial charge in [0.15, 0.2) is 11.9 Å². The van der Waals surface area contributed by atoms with Crippen LogP contribution in [0.25, 0.3) is 0 Å². The van der Waals surface area contributed by atoms with E-state index in [1.807, 2.05) is 0 Å². The second-order valence-corrected chi connectivity index (χ2v) is 4.08. The number of phenols is 2. The minimum absolute atomic E-state index is 0.0662. The third-order valence-electron chi connectivity index (χ3n) is 3.05. The van der Waals surface area contributed by atoms with Crippen LogP contribution in [0, 0.1) is 6.10 Å². The fourth-order valence-electron chi connectivity index (χ4n) is 2.23. The molecule has 0 spiro atoms. The van der Waals surface area contributed by atoms with Crippen molar-refractivity contribution in [3.63, 3.8) is 0 Å². The number of fused-ring (bicyclic) bond motifs is 2. The summed E-state index contributed by atoms with van der Waals surface area (Å²) in [5, 5.41) is 29.6. The highest BCUT2D eigenvalue weighted by molar-refractivity contribution is 6.14. The molecule has 0 aliphatic heterocycles. The van der Waals surface area contributed by atoms with Crippen molar-refractivity contribution < 1.29 is 20.1 Å². The molecule has 1 radical (unpaired) electrons. The van der Waals surface area contributed by atoms with E-state index in [2.05, 4.69) is 0 Å². The lowest BCUT2D eigenvalue weighted by Gasteiger charge is -2.23. The SMILES string of the molecule is O=C1c2cccc(O)c2[C](O)c2c(O)cccc21. The summed E-state index contributed by atoms with van der Waals surface area (Å²) in [5.41, 5.74) is 0.587. The van der Waals surface area contributed by atoms with E-state index in [0.717, 1.165) is 0 Å². The molecule has 0 aromatic heterocycles. The van der Waals surface area contributed by atoms with Crippen molar-refractivity contribution >= 4 is 5.78 Å². The maximum absolute atomic E-state index is 12.2. The first-order valence-electron chi connectivity index (χ1n) is 5.36. The van der Waals surface area contributed by atoms with Gasteiger partial charge >= 0.3 is 0 Å². The Balaban J connectivity index is 2.36. The van der Waals surface area contributed by atoms with Crippen molar-refractivity contribution in [3.8, 4) is 11.5 Å². The number of ketones is 1. The molecule has 0 amide bonds. The van der Waals surface area contributed by atoms with Gasteiger partial charge in [0.1, 0.15) is 11.5 Å². The van der Waals surface area contributed by atoms with Crippen molar-refractivity contribution in [3.05, 3.63) is 64.8 Å². The van der Waals surface area contributed by atoms with Crippen LogP contribution in [-0.2, 0) is 0 Å². The Bertz CT molecular complexity index is 605. The lowest BCUT2D eigenvalue weighted by Crippen LogP contribution is -2.20. The molecule has 3 rings (SSSR count). The van der Waals surface area contributed by atoms with Gasteiger partial charge in [-0.1, -0.05) is 24.3 Å². The average Bonchev–Trinajstić information content (AvgIpc) is 2.35. The van der Waals surface area contributed by atoms with Gasteiger partial charge in [0.25, 0.3) is 0 Å². The fourth-order valence-corrected chi connectivity index (χ4v) is 2.23. The highest BCUT2D eigenvalue weighted by Crippen LogP contribution is 2.42. The van der Waals surface area contributed by atoms with Crippen molar-refractivity contribution in [2.45, 2.75) is 0 Å². The molecule has 0 bridgehead atoms. The number of carbonyl (C=O) groups is 1.